The number of hydrogen-bond acceptors (Lipinski definition) is 4. The molecular weight excluding hydrogens is 256 g/mol. The van der Waals surface area contributed by atoms with Crippen LogP contribution in [0, 0.1) is 0 Å². The second kappa shape index (κ2) is 6.33. The number of ether oxygens (including phenoxy) is 2. The summed E-state index contributed by atoms with van der Waals surface area (Å²) in [5.74, 6) is 0.115. The number of fused-ring (bicyclic) bond motifs is 1. The van der Waals surface area contributed by atoms with Gasteiger partial charge >= 0.3 is 0 Å². The molecular formula is C15H20N2O3. The molecule has 0 aromatic carbocycles. The van der Waals surface area contributed by atoms with Crippen molar-refractivity contribution in [1.29, 1.82) is 0 Å². The van der Waals surface area contributed by atoms with Crippen LogP contribution in [0.3, 0.4) is 0 Å². The van der Waals surface area contributed by atoms with E-state index in [9.17, 15) is 4.79 Å². The van der Waals surface area contributed by atoms with Crippen molar-refractivity contribution in [3.63, 3.8) is 0 Å². The number of aromatic nitrogens is 1. The van der Waals surface area contributed by atoms with Crippen molar-refractivity contribution in [2.45, 2.75) is 31.8 Å². The maximum Gasteiger partial charge on any atom is 0.229 e. The van der Waals surface area contributed by atoms with Gasteiger partial charge in [-0.2, -0.15) is 0 Å². The zero-order valence-corrected chi connectivity index (χ0v) is 11.6. The zero-order valence-electron chi connectivity index (χ0n) is 11.6. The lowest BCUT2D eigenvalue weighted by Gasteiger charge is -2.17. The van der Waals surface area contributed by atoms with Crippen molar-refractivity contribution in [2.24, 2.45) is 0 Å². The number of carbonyl (C=O) groups excluding carboxylic acids is 1. The Bertz CT molecular complexity index is 472. The first-order valence-corrected chi connectivity index (χ1v) is 7.27. The molecule has 3 heterocycles. The Morgan fingerprint density at radius 2 is 2.50 bits per heavy atom. The third kappa shape index (κ3) is 2.99. The first-order chi connectivity index (χ1) is 9.84. The van der Waals surface area contributed by atoms with Gasteiger partial charge in [0.05, 0.1) is 37.6 Å². The first kappa shape index (κ1) is 13.5. The Kier molecular flexibility index (Phi) is 4.28. The van der Waals surface area contributed by atoms with Gasteiger partial charge in [-0.15, -0.1) is 0 Å². The van der Waals surface area contributed by atoms with Gasteiger partial charge in [-0.1, -0.05) is 0 Å². The summed E-state index contributed by atoms with van der Waals surface area (Å²) in [6, 6.07) is 1.98. The lowest BCUT2D eigenvalue weighted by Crippen LogP contribution is -2.30. The molecule has 20 heavy (non-hydrogen) atoms. The number of carbonyl (C=O) groups is 1. The van der Waals surface area contributed by atoms with Gasteiger partial charge < -0.3 is 14.4 Å². The van der Waals surface area contributed by atoms with Crippen molar-refractivity contribution in [3.05, 3.63) is 24.0 Å². The molecule has 5 nitrogen and oxygen atoms in total. The lowest BCUT2D eigenvalue weighted by atomic mass is 10.2. The van der Waals surface area contributed by atoms with Crippen molar-refractivity contribution in [2.75, 3.05) is 31.3 Å². The van der Waals surface area contributed by atoms with Crippen molar-refractivity contribution < 1.29 is 14.3 Å². The molecule has 1 aromatic heterocycles. The molecule has 2 aliphatic rings. The second-order valence-electron chi connectivity index (χ2n) is 5.26. The molecule has 5 heteroatoms. The smallest absolute Gasteiger partial charge is 0.229 e. The van der Waals surface area contributed by atoms with E-state index in [1.807, 2.05) is 11.0 Å². The standard InChI is InChI=1S/C15H20N2O3/c18-15(5-9-19-11-13-2-1-8-20-13)17-7-4-12-3-6-16-10-14(12)17/h3,6,10,13H,1-2,4-5,7-9,11H2. The Hall–Kier alpha value is -1.46. The third-order valence-electron chi connectivity index (χ3n) is 3.87. The number of nitrogens with zero attached hydrogens (tertiary/aromatic N) is 2. The van der Waals surface area contributed by atoms with Crippen LogP contribution in [-0.2, 0) is 20.7 Å². The van der Waals surface area contributed by atoms with Crippen molar-refractivity contribution in [1.82, 2.24) is 4.98 Å². The Labute approximate surface area is 118 Å². The minimum absolute atomic E-state index is 0.115. The molecule has 1 atom stereocenters. The molecule has 0 saturated carbocycles. The van der Waals surface area contributed by atoms with Crippen molar-refractivity contribution in [3.8, 4) is 0 Å². The van der Waals surface area contributed by atoms with Crippen LogP contribution in [0.25, 0.3) is 0 Å². The van der Waals surface area contributed by atoms with Crippen LogP contribution >= 0.6 is 0 Å². The summed E-state index contributed by atoms with van der Waals surface area (Å²) in [6.45, 7) is 2.66. The van der Waals surface area contributed by atoms with Crippen LogP contribution in [0.4, 0.5) is 5.69 Å². The minimum atomic E-state index is 0.115. The van der Waals surface area contributed by atoms with E-state index in [1.54, 1.807) is 12.4 Å². The van der Waals surface area contributed by atoms with Gasteiger partial charge in [0.25, 0.3) is 0 Å². The topological polar surface area (TPSA) is 51.7 Å². The van der Waals surface area contributed by atoms with Gasteiger partial charge in [-0.05, 0) is 30.9 Å². The zero-order chi connectivity index (χ0) is 13.8. The monoisotopic (exact) mass is 276 g/mol. The van der Waals surface area contributed by atoms with Crippen LogP contribution in [0.2, 0.25) is 0 Å². The number of hydrogen-bond donors (Lipinski definition) is 0. The average Bonchev–Trinajstić information content (AvgIpc) is 3.12. The highest BCUT2D eigenvalue weighted by atomic mass is 16.5. The molecule has 108 valence electrons. The van der Waals surface area contributed by atoms with E-state index in [-0.39, 0.29) is 12.0 Å². The summed E-state index contributed by atoms with van der Waals surface area (Å²) in [7, 11) is 0. The van der Waals surface area contributed by atoms with Gasteiger partial charge in [0.2, 0.25) is 5.91 Å². The van der Waals surface area contributed by atoms with E-state index in [0.717, 1.165) is 38.1 Å². The first-order valence-electron chi connectivity index (χ1n) is 7.27. The summed E-state index contributed by atoms with van der Waals surface area (Å²) < 4.78 is 11.0. The quantitative estimate of drug-likeness (QED) is 0.766. The third-order valence-corrected chi connectivity index (χ3v) is 3.87. The molecule has 1 amide bonds. The molecule has 0 aliphatic carbocycles. The highest BCUT2D eigenvalue weighted by molar-refractivity contribution is 5.95. The molecule has 1 saturated heterocycles. The summed E-state index contributed by atoms with van der Waals surface area (Å²) in [5.41, 5.74) is 2.16. The van der Waals surface area contributed by atoms with Gasteiger partial charge in [0.1, 0.15) is 0 Å². The molecule has 0 spiro atoms. The van der Waals surface area contributed by atoms with E-state index in [0.29, 0.717) is 19.6 Å². The van der Waals surface area contributed by atoms with Crippen LogP contribution < -0.4 is 4.90 Å². The summed E-state index contributed by atoms with van der Waals surface area (Å²) >= 11 is 0. The Morgan fingerprint density at radius 3 is 3.35 bits per heavy atom. The summed E-state index contributed by atoms with van der Waals surface area (Å²) in [6.07, 6.45) is 7.29. The highest BCUT2D eigenvalue weighted by Gasteiger charge is 2.24. The molecule has 0 radical (unpaired) electrons. The molecule has 1 aromatic rings. The van der Waals surface area contributed by atoms with Gasteiger partial charge in [-0.3, -0.25) is 9.78 Å². The van der Waals surface area contributed by atoms with E-state index >= 15 is 0 Å². The Morgan fingerprint density at radius 1 is 1.55 bits per heavy atom. The van der Waals surface area contributed by atoms with E-state index < -0.39 is 0 Å². The van der Waals surface area contributed by atoms with E-state index in [1.165, 1.54) is 5.56 Å². The van der Waals surface area contributed by atoms with E-state index in [2.05, 4.69) is 4.98 Å². The normalized spacial score (nSPS) is 21.2. The molecule has 2 aliphatic heterocycles. The molecule has 0 N–H and O–H groups in total. The lowest BCUT2D eigenvalue weighted by molar-refractivity contribution is -0.119. The fourth-order valence-corrected chi connectivity index (χ4v) is 2.77. The van der Waals surface area contributed by atoms with E-state index in [4.69, 9.17) is 9.47 Å². The molecule has 0 bridgehead atoms. The van der Waals surface area contributed by atoms with Gasteiger partial charge in [0.15, 0.2) is 0 Å². The average molecular weight is 276 g/mol. The van der Waals surface area contributed by atoms with Crippen molar-refractivity contribution >= 4 is 11.6 Å². The van der Waals surface area contributed by atoms with Gasteiger partial charge in [-0.25, -0.2) is 0 Å². The molecule has 1 fully saturated rings. The molecule has 1 unspecified atom stereocenters. The number of rotatable bonds is 5. The van der Waals surface area contributed by atoms with Gasteiger partial charge in [0, 0.05) is 19.3 Å². The Balaban J connectivity index is 1.43. The number of amides is 1. The highest BCUT2D eigenvalue weighted by Crippen LogP contribution is 2.26. The van der Waals surface area contributed by atoms with Crippen LogP contribution in [0.15, 0.2) is 18.5 Å². The SMILES string of the molecule is O=C(CCOCC1CCCO1)N1CCc2ccncc21. The summed E-state index contributed by atoms with van der Waals surface area (Å²) in [5, 5.41) is 0. The minimum Gasteiger partial charge on any atom is -0.378 e. The molecule has 3 rings (SSSR count). The largest absolute Gasteiger partial charge is 0.378 e. The van der Waals surface area contributed by atoms with Crippen LogP contribution in [-0.4, -0.2) is 43.4 Å². The number of pyridine rings is 1. The maximum absolute atomic E-state index is 12.2. The maximum atomic E-state index is 12.2. The predicted molar refractivity (Wildman–Crippen MR) is 74.7 cm³/mol. The fourth-order valence-electron chi connectivity index (χ4n) is 2.77. The second-order valence-corrected chi connectivity index (χ2v) is 5.26. The van der Waals surface area contributed by atoms with Crippen LogP contribution in [0.5, 0.6) is 0 Å². The predicted octanol–water partition coefficient (Wildman–Crippen LogP) is 1.56. The summed E-state index contributed by atoms with van der Waals surface area (Å²) in [4.78, 5) is 18.1. The fraction of sp³-hybridized carbons (Fsp3) is 0.600. The number of anilines is 1. The van der Waals surface area contributed by atoms with Crippen LogP contribution in [0.1, 0.15) is 24.8 Å².